The number of ether oxygens (including phenoxy) is 2. The molecule has 0 aromatic heterocycles. The number of carbonyl (C=O) groups is 1. The van der Waals surface area contributed by atoms with Crippen molar-refractivity contribution in [2.75, 3.05) is 13.7 Å². The van der Waals surface area contributed by atoms with Crippen LogP contribution in [0.2, 0.25) is 0 Å². The zero-order valence-electron chi connectivity index (χ0n) is 14.2. The zero-order valence-corrected chi connectivity index (χ0v) is 14.2. The summed E-state index contributed by atoms with van der Waals surface area (Å²) in [6, 6.07) is 15.8. The van der Waals surface area contributed by atoms with Crippen LogP contribution in [0.25, 0.3) is 0 Å². The minimum absolute atomic E-state index is 0.0103. The normalized spacial score (nSPS) is 16.8. The van der Waals surface area contributed by atoms with E-state index < -0.39 is 0 Å². The summed E-state index contributed by atoms with van der Waals surface area (Å²) in [5.41, 5.74) is 2.13. The Morgan fingerprint density at radius 1 is 1.21 bits per heavy atom. The first-order valence-electron chi connectivity index (χ1n) is 8.31. The molecule has 0 saturated carbocycles. The first-order chi connectivity index (χ1) is 11.7. The molecule has 1 heterocycles. The van der Waals surface area contributed by atoms with Crippen molar-refractivity contribution in [3.8, 4) is 11.5 Å². The molecule has 0 bridgehead atoms. The molecule has 0 radical (unpaired) electrons. The Balaban J connectivity index is 1.68. The van der Waals surface area contributed by atoms with Crippen LogP contribution in [0.1, 0.15) is 24.5 Å². The molecule has 0 aliphatic carbocycles. The number of amides is 1. The second-order valence-electron chi connectivity index (χ2n) is 6.12. The van der Waals surface area contributed by atoms with E-state index in [1.165, 1.54) is 0 Å². The van der Waals surface area contributed by atoms with Crippen molar-refractivity contribution in [2.45, 2.75) is 32.4 Å². The average Bonchev–Trinajstić information content (AvgIpc) is 2.77. The SMILES string of the molecule is COc1ccccc1CCC(=O)N1Cc2ccccc2OC(C)C1. The highest BCUT2D eigenvalue weighted by atomic mass is 16.5. The minimum Gasteiger partial charge on any atom is -0.496 e. The first-order valence-corrected chi connectivity index (χ1v) is 8.31. The van der Waals surface area contributed by atoms with Gasteiger partial charge in [0.2, 0.25) is 5.91 Å². The fraction of sp³-hybridized carbons (Fsp3) is 0.350. The summed E-state index contributed by atoms with van der Waals surface area (Å²) >= 11 is 0. The number of hydrogen-bond donors (Lipinski definition) is 0. The quantitative estimate of drug-likeness (QED) is 0.864. The Morgan fingerprint density at radius 3 is 2.79 bits per heavy atom. The molecule has 2 aromatic carbocycles. The van der Waals surface area contributed by atoms with Crippen LogP contribution in [-0.4, -0.2) is 30.6 Å². The van der Waals surface area contributed by atoms with Crippen molar-refractivity contribution < 1.29 is 14.3 Å². The van der Waals surface area contributed by atoms with Crippen molar-refractivity contribution in [3.63, 3.8) is 0 Å². The van der Waals surface area contributed by atoms with Crippen molar-refractivity contribution in [2.24, 2.45) is 0 Å². The number of hydrogen-bond acceptors (Lipinski definition) is 3. The summed E-state index contributed by atoms with van der Waals surface area (Å²) in [6.45, 7) is 3.22. The van der Waals surface area contributed by atoms with Gasteiger partial charge < -0.3 is 14.4 Å². The van der Waals surface area contributed by atoms with Crippen molar-refractivity contribution in [1.82, 2.24) is 4.90 Å². The van der Waals surface area contributed by atoms with Gasteiger partial charge in [-0.15, -0.1) is 0 Å². The van der Waals surface area contributed by atoms with Gasteiger partial charge in [-0.05, 0) is 31.0 Å². The molecular weight excluding hydrogens is 302 g/mol. The minimum atomic E-state index is -0.0103. The zero-order chi connectivity index (χ0) is 16.9. The van der Waals surface area contributed by atoms with E-state index in [1.54, 1.807) is 7.11 Å². The van der Waals surface area contributed by atoms with E-state index in [0.29, 0.717) is 25.9 Å². The van der Waals surface area contributed by atoms with Crippen molar-refractivity contribution in [1.29, 1.82) is 0 Å². The number of carbonyl (C=O) groups excluding carboxylic acids is 1. The van der Waals surface area contributed by atoms with Gasteiger partial charge in [-0.3, -0.25) is 4.79 Å². The summed E-state index contributed by atoms with van der Waals surface area (Å²) in [6.07, 6.45) is 1.13. The fourth-order valence-corrected chi connectivity index (χ4v) is 3.08. The van der Waals surface area contributed by atoms with Gasteiger partial charge in [0.05, 0.1) is 13.7 Å². The lowest BCUT2D eigenvalue weighted by Crippen LogP contribution is -2.36. The average molecular weight is 325 g/mol. The standard InChI is InChI=1S/C20H23NO3/c1-15-13-21(14-17-8-4-6-10-19(17)24-15)20(22)12-11-16-7-3-5-9-18(16)23-2/h3-10,15H,11-14H2,1-2H3. The van der Waals surface area contributed by atoms with Gasteiger partial charge in [-0.25, -0.2) is 0 Å². The molecule has 0 fully saturated rings. The first kappa shape index (κ1) is 16.4. The van der Waals surface area contributed by atoms with Crippen molar-refractivity contribution >= 4 is 5.91 Å². The largest absolute Gasteiger partial charge is 0.496 e. The van der Waals surface area contributed by atoms with E-state index in [9.17, 15) is 4.79 Å². The maximum absolute atomic E-state index is 12.7. The monoisotopic (exact) mass is 325 g/mol. The molecule has 2 aromatic rings. The Bertz CT molecular complexity index is 714. The number of benzene rings is 2. The van der Waals surface area contributed by atoms with Crippen molar-refractivity contribution in [3.05, 3.63) is 59.7 Å². The highest BCUT2D eigenvalue weighted by Crippen LogP contribution is 2.25. The van der Waals surface area contributed by atoms with E-state index in [2.05, 4.69) is 0 Å². The van der Waals surface area contributed by atoms with Crippen LogP contribution in [-0.2, 0) is 17.8 Å². The molecule has 0 saturated heterocycles. The van der Waals surface area contributed by atoms with Gasteiger partial charge in [0, 0.05) is 18.5 Å². The lowest BCUT2D eigenvalue weighted by molar-refractivity contribution is -0.132. The Labute approximate surface area is 143 Å². The molecule has 0 spiro atoms. The van der Waals surface area contributed by atoms with Gasteiger partial charge >= 0.3 is 0 Å². The number of methoxy groups -OCH3 is 1. The third-order valence-corrected chi connectivity index (χ3v) is 4.29. The van der Waals surface area contributed by atoms with Crippen LogP contribution in [0.4, 0.5) is 0 Å². The van der Waals surface area contributed by atoms with E-state index in [1.807, 2.05) is 60.4 Å². The highest BCUT2D eigenvalue weighted by molar-refractivity contribution is 5.76. The van der Waals surface area contributed by atoms with Crippen LogP contribution in [0, 0.1) is 0 Å². The molecule has 1 aliphatic rings. The second kappa shape index (κ2) is 7.39. The van der Waals surface area contributed by atoms with Crippen LogP contribution in [0.15, 0.2) is 48.5 Å². The molecule has 1 atom stereocenters. The molecule has 1 unspecified atom stereocenters. The third kappa shape index (κ3) is 3.70. The van der Waals surface area contributed by atoms with E-state index in [0.717, 1.165) is 22.6 Å². The van der Waals surface area contributed by atoms with E-state index in [-0.39, 0.29) is 12.0 Å². The lowest BCUT2D eigenvalue weighted by atomic mass is 10.1. The Hall–Kier alpha value is -2.49. The molecule has 1 amide bonds. The number of aryl methyl sites for hydroxylation is 1. The lowest BCUT2D eigenvalue weighted by Gasteiger charge is -2.22. The van der Waals surface area contributed by atoms with E-state index in [4.69, 9.17) is 9.47 Å². The molecule has 4 nitrogen and oxygen atoms in total. The number of fused-ring (bicyclic) bond motifs is 1. The number of nitrogens with zero attached hydrogens (tertiary/aromatic N) is 1. The summed E-state index contributed by atoms with van der Waals surface area (Å²) in [7, 11) is 1.66. The molecule has 4 heteroatoms. The van der Waals surface area contributed by atoms with Crippen LogP contribution in [0.3, 0.4) is 0 Å². The molecular formula is C20H23NO3. The number of para-hydroxylation sites is 2. The fourth-order valence-electron chi connectivity index (χ4n) is 3.08. The van der Waals surface area contributed by atoms with Gasteiger partial charge in [0.15, 0.2) is 0 Å². The second-order valence-corrected chi connectivity index (χ2v) is 6.12. The molecule has 0 N–H and O–H groups in total. The van der Waals surface area contributed by atoms with Gasteiger partial charge in [-0.2, -0.15) is 0 Å². The Kier molecular flexibility index (Phi) is 5.04. The summed E-state index contributed by atoms with van der Waals surface area (Å²) < 4.78 is 11.3. The van der Waals surface area contributed by atoms with Gasteiger partial charge in [0.1, 0.15) is 17.6 Å². The molecule has 3 rings (SSSR count). The smallest absolute Gasteiger partial charge is 0.223 e. The molecule has 24 heavy (non-hydrogen) atoms. The van der Waals surface area contributed by atoms with Crippen LogP contribution in [0.5, 0.6) is 11.5 Å². The summed E-state index contributed by atoms with van der Waals surface area (Å²) in [5, 5.41) is 0. The van der Waals surface area contributed by atoms with E-state index >= 15 is 0 Å². The topological polar surface area (TPSA) is 38.8 Å². The summed E-state index contributed by atoms with van der Waals surface area (Å²) in [4.78, 5) is 14.6. The predicted octanol–water partition coefficient (Wildman–Crippen LogP) is 3.44. The maximum Gasteiger partial charge on any atom is 0.223 e. The van der Waals surface area contributed by atoms with Gasteiger partial charge in [-0.1, -0.05) is 36.4 Å². The summed E-state index contributed by atoms with van der Waals surface area (Å²) in [5.74, 6) is 1.86. The third-order valence-electron chi connectivity index (χ3n) is 4.29. The van der Waals surface area contributed by atoms with Gasteiger partial charge in [0.25, 0.3) is 0 Å². The molecule has 1 aliphatic heterocycles. The predicted molar refractivity (Wildman–Crippen MR) is 93.3 cm³/mol. The Morgan fingerprint density at radius 2 is 1.96 bits per heavy atom. The maximum atomic E-state index is 12.7. The van der Waals surface area contributed by atoms with Crippen LogP contribution < -0.4 is 9.47 Å². The number of rotatable bonds is 4. The van der Waals surface area contributed by atoms with Crippen LogP contribution >= 0.6 is 0 Å². The highest BCUT2D eigenvalue weighted by Gasteiger charge is 2.23. The molecule has 126 valence electrons.